The molecule has 15 heteroatoms. The molecule has 4 nitrogen and oxygen atoms in total. The molecule has 0 saturated heterocycles. The van der Waals surface area contributed by atoms with Crippen molar-refractivity contribution >= 4 is 49.7 Å². The Hall–Kier alpha value is -0.500. The number of aliphatic carboxylic acids is 2. The third-order valence-electron chi connectivity index (χ3n) is 1.22. The molecule has 0 aliphatic rings. The molecule has 0 atom stereocenters. The van der Waals surface area contributed by atoms with E-state index in [1.807, 2.05) is 0 Å². The molecule has 0 spiro atoms. The number of alkyl halides is 10. The molecule has 0 aromatic heterocycles. The van der Waals surface area contributed by atoms with E-state index in [0.29, 0.717) is 0 Å². The van der Waals surface area contributed by atoms with Gasteiger partial charge in [0.1, 0.15) is 11.9 Å². The fourth-order valence-corrected chi connectivity index (χ4v) is 0.231. The predicted octanol–water partition coefficient (Wildman–Crippen LogP) is -0.513. The molecule has 21 heavy (non-hydrogen) atoms. The summed E-state index contributed by atoms with van der Waals surface area (Å²) in [4.78, 5) is 18.2. The van der Waals surface area contributed by atoms with Gasteiger partial charge in [0.05, 0.1) is 0 Å². The summed E-state index contributed by atoms with van der Waals surface area (Å²) in [6, 6.07) is 0. The largest absolute Gasteiger partial charge is 2.00 e. The third-order valence-corrected chi connectivity index (χ3v) is 1.22. The van der Waals surface area contributed by atoms with Gasteiger partial charge in [-0.2, -0.15) is 43.9 Å². The summed E-state index contributed by atoms with van der Waals surface area (Å²) < 4.78 is 111. The SMILES string of the molecule is O=C([O-])C(F)(F)C(F)(F)F.O=C([O-])C(F)(F)C(F)(F)F.[Ca+2]. The fraction of sp³-hybridized carbons (Fsp3) is 0.667. The first-order valence-corrected chi connectivity index (χ1v) is 3.71. The van der Waals surface area contributed by atoms with Crippen LogP contribution in [0.1, 0.15) is 0 Å². The van der Waals surface area contributed by atoms with Gasteiger partial charge in [0.25, 0.3) is 0 Å². The topological polar surface area (TPSA) is 80.3 Å². The molecule has 0 radical (unpaired) electrons. The van der Waals surface area contributed by atoms with Gasteiger partial charge < -0.3 is 19.8 Å². The van der Waals surface area contributed by atoms with Crippen molar-refractivity contribution in [2.75, 3.05) is 0 Å². The van der Waals surface area contributed by atoms with Crippen molar-refractivity contribution in [2.45, 2.75) is 24.2 Å². The van der Waals surface area contributed by atoms with Crippen molar-refractivity contribution in [1.29, 1.82) is 0 Å². The maximum atomic E-state index is 11.3. The van der Waals surface area contributed by atoms with Crippen LogP contribution in [0, 0.1) is 0 Å². The van der Waals surface area contributed by atoms with Crippen LogP contribution in [0.15, 0.2) is 0 Å². The first kappa shape index (κ1) is 25.5. The van der Waals surface area contributed by atoms with E-state index in [4.69, 9.17) is 19.8 Å². The first-order valence-electron chi connectivity index (χ1n) is 3.71. The number of carbonyl (C=O) groups is 2. The predicted molar refractivity (Wildman–Crippen MR) is 37.8 cm³/mol. The van der Waals surface area contributed by atoms with Gasteiger partial charge in [0.2, 0.25) is 0 Å². The van der Waals surface area contributed by atoms with Crippen LogP contribution in [0.5, 0.6) is 0 Å². The Bertz CT molecular complexity index is 337. The van der Waals surface area contributed by atoms with E-state index in [-0.39, 0.29) is 37.7 Å². The second-order valence-corrected chi connectivity index (χ2v) is 2.72. The maximum Gasteiger partial charge on any atom is 2.00 e. The van der Waals surface area contributed by atoms with Gasteiger partial charge in [-0.1, -0.05) is 0 Å². The van der Waals surface area contributed by atoms with Gasteiger partial charge in [-0.15, -0.1) is 0 Å². The van der Waals surface area contributed by atoms with Gasteiger partial charge in [-0.3, -0.25) is 0 Å². The molecule has 120 valence electrons. The van der Waals surface area contributed by atoms with Crippen LogP contribution in [-0.2, 0) is 9.59 Å². The van der Waals surface area contributed by atoms with Gasteiger partial charge in [0, 0.05) is 0 Å². The molecule has 0 unspecified atom stereocenters. The molecule has 0 heterocycles. The second kappa shape index (κ2) is 7.67. The Morgan fingerprint density at radius 3 is 0.714 bits per heavy atom. The minimum atomic E-state index is -6.08. The normalized spacial score (nSPS) is 12.7. The number of rotatable bonds is 2. The standard InChI is InChI=1S/2C3HF5O2.Ca/c2*4-2(5,1(9)10)3(6,7)8;/h2*(H,9,10);/q;;+2/p-2. The molecule has 0 amide bonds. The minimum absolute atomic E-state index is 0. The molecule has 0 aliphatic heterocycles. The fourth-order valence-electron chi connectivity index (χ4n) is 0.231. The molecule has 0 saturated carbocycles. The Morgan fingerprint density at radius 1 is 0.571 bits per heavy atom. The molecule has 0 bridgehead atoms. The molecule has 0 rings (SSSR count). The van der Waals surface area contributed by atoms with Crippen LogP contribution in [-0.4, -0.2) is 73.9 Å². The second-order valence-electron chi connectivity index (χ2n) is 2.72. The summed E-state index contributed by atoms with van der Waals surface area (Å²) in [5.74, 6) is -18.4. The van der Waals surface area contributed by atoms with Crippen molar-refractivity contribution in [3.63, 3.8) is 0 Å². The van der Waals surface area contributed by atoms with Crippen LogP contribution in [0.2, 0.25) is 0 Å². The summed E-state index contributed by atoms with van der Waals surface area (Å²) in [7, 11) is 0. The molecule has 0 N–H and O–H groups in total. The van der Waals surface area contributed by atoms with Crippen molar-refractivity contribution in [2.24, 2.45) is 0 Å². The van der Waals surface area contributed by atoms with Crippen molar-refractivity contribution in [3.05, 3.63) is 0 Å². The summed E-state index contributed by atoms with van der Waals surface area (Å²) in [6.07, 6.45) is -12.2. The number of carboxylic acid groups (broad SMARTS) is 2. The molecule has 0 aliphatic carbocycles. The number of halogens is 10. The zero-order chi connectivity index (χ0) is 17.2. The molecule has 0 aromatic carbocycles. The Morgan fingerprint density at radius 2 is 0.714 bits per heavy atom. The Labute approximate surface area is 137 Å². The number of hydrogen-bond donors (Lipinski definition) is 0. The zero-order valence-electron chi connectivity index (χ0n) is 9.12. The zero-order valence-corrected chi connectivity index (χ0v) is 11.3. The van der Waals surface area contributed by atoms with Crippen molar-refractivity contribution in [3.8, 4) is 0 Å². The summed E-state index contributed by atoms with van der Waals surface area (Å²) in [5.41, 5.74) is 0. The van der Waals surface area contributed by atoms with E-state index in [1.54, 1.807) is 0 Å². The smallest absolute Gasteiger partial charge is 0.544 e. The van der Waals surface area contributed by atoms with Crippen LogP contribution in [0.4, 0.5) is 43.9 Å². The van der Waals surface area contributed by atoms with E-state index < -0.39 is 36.1 Å². The van der Waals surface area contributed by atoms with Crippen LogP contribution in [0.25, 0.3) is 0 Å². The van der Waals surface area contributed by atoms with Crippen LogP contribution < -0.4 is 10.2 Å². The quantitative estimate of drug-likeness (QED) is 0.487. The molecule has 0 fully saturated rings. The van der Waals surface area contributed by atoms with E-state index >= 15 is 0 Å². The summed E-state index contributed by atoms with van der Waals surface area (Å²) >= 11 is 0. The van der Waals surface area contributed by atoms with E-state index in [1.165, 1.54) is 0 Å². The molecule has 0 aromatic rings. The van der Waals surface area contributed by atoms with Gasteiger partial charge in [0.15, 0.2) is 0 Å². The Kier molecular flexibility index (Phi) is 9.29. The molecular formula is C6CaF10O4. The van der Waals surface area contributed by atoms with Gasteiger partial charge in [-0.25, -0.2) is 0 Å². The van der Waals surface area contributed by atoms with E-state index in [2.05, 4.69) is 0 Å². The van der Waals surface area contributed by atoms with Gasteiger partial charge in [-0.05, 0) is 0 Å². The molecular weight excluding hydrogens is 366 g/mol. The minimum Gasteiger partial charge on any atom is -0.544 e. The van der Waals surface area contributed by atoms with Gasteiger partial charge >= 0.3 is 61.9 Å². The number of hydrogen-bond acceptors (Lipinski definition) is 4. The van der Waals surface area contributed by atoms with Crippen LogP contribution in [0.3, 0.4) is 0 Å². The van der Waals surface area contributed by atoms with Crippen LogP contribution >= 0.6 is 0 Å². The number of carbonyl (C=O) groups excluding carboxylic acids is 2. The summed E-state index contributed by atoms with van der Waals surface area (Å²) in [6.45, 7) is 0. The third kappa shape index (κ3) is 6.86. The first-order chi connectivity index (χ1) is 8.39. The summed E-state index contributed by atoms with van der Waals surface area (Å²) in [5, 5.41) is 18.2. The van der Waals surface area contributed by atoms with E-state index in [0.717, 1.165) is 0 Å². The average Bonchev–Trinajstić information content (AvgIpc) is 2.14. The number of carboxylic acids is 2. The van der Waals surface area contributed by atoms with Crippen molar-refractivity contribution in [1.82, 2.24) is 0 Å². The maximum absolute atomic E-state index is 11.3. The average molecular weight is 366 g/mol. The monoisotopic (exact) mass is 366 g/mol. The van der Waals surface area contributed by atoms with E-state index in [9.17, 15) is 43.9 Å². The Balaban J connectivity index is -0.000000295. The van der Waals surface area contributed by atoms with Crippen molar-refractivity contribution < 1.29 is 63.7 Å².